The van der Waals surface area contributed by atoms with E-state index in [2.05, 4.69) is 10.4 Å². The van der Waals surface area contributed by atoms with Crippen LogP contribution in [0.3, 0.4) is 0 Å². The highest BCUT2D eigenvalue weighted by Crippen LogP contribution is 2.28. The molecule has 2 aliphatic rings. The van der Waals surface area contributed by atoms with E-state index in [9.17, 15) is 14.3 Å². The molecule has 6 nitrogen and oxygen atoms in total. The standard InChI is InChI=1S/C15H23FN4O2S/c1-19-7-11(5-18-19)8-20-9-12(16)4-13(20)6-17-14(21)15(22)2-3-23-10-15/h5,7,12-13,22H,2-4,6,8-10H2,1H3,(H,17,21)/t12-,13-,15+/m0/s1. The van der Waals surface area contributed by atoms with E-state index in [-0.39, 0.29) is 11.9 Å². The van der Waals surface area contributed by atoms with Crippen molar-refractivity contribution in [3.05, 3.63) is 18.0 Å². The van der Waals surface area contributed by atoms with Gasteiger partial charge in [-0.1, -0.05) is 0 Å². The van der Waals surface area contributed by atoms with Crippen molar-refractivity contribution in [2.75, 3.05) is 24.6 Å². The Bertz CT molecular complexity index is 561. The van der Waals surface area contributed by atoms with Gasteiger partial charge < -0.3 is 10.4 Å². The third kappa shape index (κ3) is 3.87. The number of hydrogen-bond acceptors (Lipinski definition) is 5. The lowest BCUT2D eigenvalue weighted by molar-refractivity contribution is -0.137. The maximum absolute atomic E-state index is 13.8. The van der Waals surface area contributed by atoms with Gasteiger partial charge in [-0.3, -0.25) is 14.4 Å². The molecule has 1 aromatic rings. The molecular weight excluding hydrogens is 319 g/mol. The van der Waals surface area contributed by atoms with Crippen molar-refractivity contribution in [2.24, 2.45) is 7.05 Å². The Kier molecular flexibility index (Phi) is 4.93. The molecule has 8 heteroatoms. The molecule has 2 saturated heterocycles. The number of carbonyl (C=O) groups excluding carboxylic acids is 1. The van der Waals surface area contributed by atoms with Crippen LogP contribution in [0.15, 0.2) is 12.4 Å². The second-order valence-electron chi connectivity index (χ2n) is 6.48. The largest absolute Gasteiger partial charge is 0.379 e. The number of aryl methyl sites for hydroxylation is 1. The molecular formula is C15H23FN4O2S. The Morgan fingerprint density at radius 3 is 3.13 bits per heavy atom. The summed E-state index contributed by atoms with van der Waals surface area (Å²) in [6, 6.07) is -0.0492. The first-order chi connectivity index (χ1) is 11.0. The molecule has 128 valence electrons. The first-order valence-electron chi connectivity index (χ1n) is 7.90. The van der Waals surface area contributed by atoms with E-state index in [0.717, 1.165) is 11.3 Å². The minimum Gasteiger partial charge on any atom is -0.379 e. The second kappa shape index (κ2) is 6.78. The highest BCUT2D eigenvalue weighted by molar-refractivity contribution is 7.99. The molecule has 3 atom stereocenters. The van der Waals surface area contributed by atoms with Crippen molar-refractivity contribution in [1.29, 1.82) is 0 Å². The van der Waals surface area contributed by atoms with Gasteiger partial charge in [0.2, 0.25) is 0 Å². The van der Waals surface area contributed by atoms with Crippen molar-refractivity contribution >= 4 is 17.7 Å². The summed E-state index contributed by atoms with van der Waals surface area (Å²) in [6.45, 7) is 1.36. The van der Waals surface area contributed by atoms with Crippen molar-refractivity contribution in [1.82, 2.24) is 20.0 Å². The molecule has 3 heterocycles. The lowest BCUT2D eigenvalue weighted by atomic mass is 10.0. The van der Waals surface area contributed by atoms with Crippen LogP contribution in [0.5, 0.6) is 0 Å². The molecule has 0 radical (unpaired) electrons. The Morgan fingerprint density at radius 2 is 2.48 bits per heavy atom. The summed E-state index contributed by atoms with van der Waals surface area (Å²) in [5.74, 6) is 0.910. The van der Waals surface area contributed by atoms with Crippen LogP contribution in [0.2, 0.25) is 0 Å². The zero-order valence-electron chi connectivity index (χ0n) is 13.2. The fourth-order valence-electron chi connectivity index (χ4n) is 3.22. The van der Waals surface area contributed by atoms with Gasteiger partial charge in [-0.2, -0.15) is 16.9 Å². The smallest absolute Gasteiger partial charge is 0.252 e. The Hall–Kier alpha value is -1.12. The van der Waals surface area contributed by atoms with E-state index in [4.69, 9.17) is 0 Å². The highest BCUT2D eigenvalue weighted by atomic mass is 32.2. The molecule has 1 amide bonds. The molecule has 0 saturated carbocycles. The monoisotopic (exact) mass is 342 g/mol. The van der Waals surface area contributed by atoms with Gasteiger partial charge in [0.15, 0.2) is 5.60 Å². The Labute approximate surface area is 139 Å². The van der Waals surface area contributed by atoms with E-state index in [0.29, 0.717) is 38.2 Å². The maximum Gasteiger partial charge on any atom is 0.252 e. The molecule has 0 aliphatic carbocycles. The third-order valence-electron chi connectivity index (χ3n) is 4.54. The number of aliphatic hydroxyl groups is 1. The topological polar surface area (TPSA) is 70.4 Å². The number of nitrogens with zero attached hydrogens (tertiary/aromatic N) is 3. The first-order valence-corrected chi connectivity index (χ1v) is 9.06. The number of aromatic nitrogens is 2. The van der Waals surface area contributed by atoms with Gasteiger partial charge in [0.25, 0.3) is 5.91 Å². The van der Waals surface area contributed by atoms with Crippen LogP contribution in [0.25, 0.3) is 0 Å². The van der Waals surface area contributed by atoms with Crippen molar-refractivity contribution in [2.45, 2.75) is 37.2 Å². The summed E-state index contributed by atoms with van der Waals surface area (Å²) in [5.41, 5.74) is -0.226. The third-order valence-corrected chi connectivity index (χ3v) is 5.72. The average molecular weight is 342 g/mol. The second-order valence-corrected chi connectivity index (χ2v) is 7.59. The highest BCUT2D eigenvalue weighted by Gasteiger charge is 2.40. The number of alkyl halides is 1. The van der Waals surface area contributed by atoms with Gasteiger partial charge >= 0.3 is 0 Å². The summed E-state index contributed by atoms with van der Waals surface area (Å²) < 4.78 is 15.5. The zero-order valence-corrected chi connectivity index (χ0v) is 14.1. The molecule has 3 rings (SSSR count). The predicted octanol–water partition coefficient (Wildman–Crippen LogP) is 0.317. The molecule has 2 fully saturated rings. The number of rotatable bonds is 5. The predicted molar refractivity (Wildman–Crippen MR) is 86.8 cm³/mol. The number of halogens is 1. The lowest BCUT2D eigenvalue weighted by Gasteiger charge is -2.26. The van der Waals surface area contributed by atoms with Crippen molar-refractivity contribution < 1.29 is 14.3 Å². The number of thioether (sulfide) groups is 1. The van der Waals surface area contributed by atoms with Gasteiger partial charge in [0, 0.05) is 50.2 Å². The van der Waals surface area contributed by atoms with Crippen LogP contribution in [-0.2, 0) is 18.4 Å². The van der Waals surface area contributed by atoms with E-state index in [1.165, 1.54) is 0 Å². The molecule has 23 heavy (non-hydrogen) atoms. The van der Waals surface area contributed by atoms with E-state index in [1.54, 1.807) is 22.6 Å². The van der Waals surface area contributed by atoms with Gasteiger partial charge in [-0.05, 0) is 18.6 Å². The van der Waals surface area contributed by atoms with Crippen LogP contribution < -0.4 is 5.32 Å². The van der Waals surface area contributed by atoms with Gasteiger partial charge in [-0.25, -0.2) is 4.39 Å². The summed E-state index contributed by atoms with van der Waals surface area (Å²) >= 11 is 1.58. The molecule has 0 bridgehead atoms. The number of hydrogen-bond donors (Lipinski definition) is 2. The SMILES string of the molecule is Cn1cc(CN2C[C@@H](F)C[C@H]2CNC(=O)[C@@]2(O)CCSC2)cn1. The Balaban J connectivity index is 1.56. The normalized spacial score (nSPS) is 31.6. The zero-order chi connectivity index (χ0) is 16.4. The van der Waals surface area contributed by atoms with Crippen LogP contribution >= 0.6 is 11.8 Å². The number of carbonyl (C=O) groups is 1. The van der Waals surface area contributed by atoms with Crippen LogP contribution in [0.4, 0.5) is 4.39 Å². The first kappa shape index (κ1) is 16.7. The fraction of sp³-hybridized carbons (Fsp3) is 0.733. The molecule has 0 spiro atoms. The summed E-state index contributed by atoms with van der Waals surface area (Å²) in [5, 5.41) is 17.2. The number of amides is 1. The van der Waals surface area contributed by atoms with E-state index < -0.39 is 11.8 Å². The van der Waals surface area contributed by atoms with Crippen LogP contribution in [-0.4, -0.2) is 68.1 Å². The van der Waals surface area contributed by atoms with Crippen LogP contribution in [0.1, 0.15) is 18.4 Å². The quantitative estimate of drug-likeness (QED) is 0.806. The minimum atomic E-state index is -1.26. The fourth-order valence-corrected chi connectivity index (χ4v) is 4.46. The van der Waals surface area contributed by atoms with E-state index in [1.807, 2.05) is 18.1 Å². The summed E-state index contributed by atoms with van der Waals surface area (Å²) in [4.78, 5) is 14.2. The van der Waals surface area contributed by atoms with Crippen molar-refractivity contribution in [3.63, 3.8) is 0 Å². The summed E-state index contributed by atoms with van der Waals surface area (Å²) in [7, 11) is 1.85. The lowest BCUT2D eigenvalue weighted by Crippen LogP contribution is -2.50. The minimum absolute atomic E-state index is 0.0492. The molecule has 1 aromatic heterocycles. The molecule has 0 aromatic carbocycles. The number of likely N-dealkylation sites (tertiary alicyclic amines) is 1. The van der Waals surface area contributed by atoms with Gasteiger partial charge in [-0.15, -0.1) is 0 Å². The van der Waals surface area contributed by atoms with Crippen LogP contribution in [0, 0.1) is 0 Å². The van der Waals surface area contributed by atoms with E-state index >= 15 is 0 Å². The van der Waals surface area contributed by atoms with Gasteiger partial charge in [0.1, 0.15) is 6.17 Å². The molecule has 2 N–H and O–H groups in total. The average Bonchev–Trinajstić information content (AvgIpc) is 3.19. The number of nitrogens with one attached hydrogen (secondary N) is 1. The van der Waals surface area contributed by atoms with Crippen molar-refractivity contribution in [3.8, 4) is 0 Å². The summed E-state index contributed by atoms with van der Waals surface area (Å²) in [6.07, 6.45) is 3.71. The molecule has 2 aliphatic heterocycles. The Morgan fingerprint density at radius 1 is 1.65 bits per heavy atom. The maximum atomic E-state index is 13.8. The molecule has 0 unspecified atom stereocenters. The van der Waals surface area contributed by atoms with Gasteiger partial charge in [0.05, 0.1) is 6.20 Å².